The second-order valence-corrected chi connectivity index (χ2v) is 9.95. The van der Waals surface area contributed by atoms with Crippen LogP contribution in [0, 0.1) is 0 Å². The summed E-state index contributed by atoms with van der Waals surface area (Å²) < 4.78 is 24.7. The lowest BCUT2D eigenvalue weighted by Gasteiger charge is -2.34. The molecule has 1 saturated heterocycles. The molecule has 0 amide bonds. The van der Waals surface area contributed by atoms with Gasteiger partial charge in [-0.3, -0.25) is 9.13 Å². The summed E-state index contributed by atoms with van der Waals surface area (Å²) in [6, 6.07) is 0. The van der Waals surface area contributed by atoms with E-state index in [1.165, 1.54) is 10.9 Å². The fourth-order valence-corrected chi connectivity index (χ4v) is 4.48. The van der Waals surface area contributed by atoms with Crippen LogP contribution in [0.15, 0.2) is 6.33 Å². The zero-order valence-corrected chi connectivity index (χ0v) is 18.2. The molecule has 168 valence electrons. The number of aliphatic hydroxyl groups excluding tert-OH is 3. The first-order valence-electron chi connectivity index (χ1n) is 9.27. The molecular weight excluding hydrogens is 441 g/mol. The maximum absolute atomic E-state index is 12.1. The standard InChI is InChI=1S/C16H25ClN5O7P/c1-4-16(3,29-30(26,27)7(2)23)5-8-10(24)11(25)14(28-8)22-6-19-9-12(17)20-15(18)21-13(9)22/h6-8,10-11,14,23-25H,4-5H2,1-3H3,(H,26,27)(H2,18,20,21)/t7-,8-,10-,11-,14-,16?/m1/s1. The number of halogens is 1. The topological polar surface area (TPSA) is 186 Å². The third-order valence-electron chi connectivity index (χ3n) is 5.21. The second-order valence-electron chi connectivity index (χ2n) is 7.54. The van der Waals surface area contributed by atoms with Gasteiger partial charge >= 0.3 is 7.60 Å². The van der Waals surface area contributed by atoms with Gasteiger partial charge in [0.15, 0.2) is 22.9 Å². The summed E-state index contributed by atoms with van der Waals surface area (Å²) in [5.74, 6) is -1.68. The highest BCUT2D eigenvalue weighted by Gasteiger charge is 2.48. The number of ether oxygens (including phenoxy) is 1. The van der Waals surface area contributed by atoms with Crippen molar-refractivity contribution in [3.8, 4) is 0 Å². The van der Waals surface area contributed by atoms with E-state index in [9.17, 15) is 24.8 Å². The fraction of sp³-hybridized carbons (Fsp3) is 0.688. The number of aliphatic hydroxyl groups is 3. The van der Waals surface area contributed by atoms with Crippen LogP contribution in [0.1, 0.15) is 39.8 Å². The average Bonchev–Trinajstić information content (AvgIpc) is 3.17. The SMILES string of the molecule is CCC(C)(C[C@H]1O[C@@H](n2cnc3c(Cl)nc(N)nc32)[C@H](O)[C@@H]1O)OP(=O)(O)[C@H](C)O. The Kier molecular flexibility index (Phi) is 6.43. The van der Waals surface area contributed by atoms with Gasteiger partial charge in [0, 0.05) is 6.42 Å². The van der Waals surface area contributed by atoms with Crippen molar-refractivity contribution in [2.75, 3.05) is 5.73 Å². The molecule has 2 aromatic heterocycles. The maximum atomic E-state index is 12.1. The van der Waals surface area contributed by atoms with Crippen molar-refractivity contribution < 1.29 is 34.0 Å². The van der Waals surface area contributed by atoms with Gasteiger partial charge in [-0.2, -0.15) is 9.97 Å². The molecule has 0 bridgehead atoms. The van der Waals surface area contributed by atoms with Crippen LogP contribution in [-0.4, -0.2) is 69.5 Å². The Labute approximate surface area is 177 Å². The highest BCUT2D eigenvalue weighted by Crippen LogP contribution is 2.52. The molecule has 1 aliphatic rings. The minimum Gasteiger partial charge on any atom is -0.388 e. The van der Waals surface area contributed by atoms with Crippen molar-refractivity contribution in [2.45, 2.75) is 69.6 Å². The lowest BCUT2D eigenvalue weighted by molar-refractivity contribution is -0.0665. The molecule has 30 heavy (non-hydrogen) atoms. The minimum absolute atomic E-state index is 0.0278. The number of aromatic nitrogens is 4. The quantitative estimate of drug-likeness (QED) is 0.287. The number of hydrogen-bond acceptors (Lipinski definition) is 10. The van der Waals surface area contributed by atoms with Crippen LogP contribution >= 0.6 is 19.2 Å². The summed E-state index contributed by atoms with van der Waals surface area (Å²) in [6.07, 6.45) is -3.12. The van der Waals surface area contributed by atoms with E-state index in [0.717, 1.165) is 6.92 Å². The smallest absolute Gasteiger partial charge is 0.356 e. The Morgan fingerprint density at radius 2 is 2.10 bits per heavy atom. The average molecular weight is 466 g/mol. The molecule has 1 fully saturated rings. The van der Waals surface area contributed by atoms with E-state index < -0.39 is 43.6 Å². The molecule has 12 nitrogen and oxygen atoms in total. The third-order valence-corrected chi connectivity index (χ3v) is 7.12. The molecule has 3 heterocycles. The molecular formula is C16H25ClN5O7P. The van der Waals surface area contributed by atoms with E-state index in [1.54, 1.807) is 13.8 Å². The summed E-state index contributed by atoms with van der Waals surface area (Å²) in [5.41, 5.74) is 4.89. The Balaban J connectivity index is 1.86. The molecule has 0 aromatic carbocycles. The zero-order chi connectivity index (χ0) is 22.4. The van der Waals surface area contributed by atoms with E-state index in [2.05, 4.69) is 15.0 Å². The van der Waals surface area contributed by atoms with E-state index >= 15 is 0 Å². The van der Waals surface area contributed by atoms with Crippen LogP contribution in [0.3, 0.4) is 0 Å². The number of rotatable bonds is 7. The fourth-order valence-electron chi connectivity index (χ4n) is 3.28. The first-order valence-corrected chi connectivity index (χ1v) is 11.3. The van der Waals surface area contributed by atoms with E-state index in [0.29, 0.717) is 0 Å². The Bertz CT molecular complexity index is 975. The molecule has 2 aromatic rings. The van der Waals surface area contributed by atoms with Gasteiger partial charge in [0.25, 0.3) is 0 Å². The number of hydrogen-bond donors (Lipinski definition) is 5. The Morgan fingerprint density at radius 1 is 1.43 bits per heavy atom. The predicted octanol–water partition coefficient (Wildman–Crippen LogP) is 0.780. The van der Waals surface area contributed by atoms with Gasteiger partial charge in [0.05, 0.1) is 18.0 Å². The van der Waals surface area contributed by atoms with Crippen LogP contribution in [0.25, 0.3) is 11.2 Å². The zero-order valence-electron chi connectivity index (χ0n) is 16.6. The molecule has 0 radical (unpaired) electrons. The predicted molar refractivity (Wildman–Crippen MR) is 107 cm³/mol. The van der Waals surface area contributed by atoms with Crippen molar-refractivity contribution >= 4 is 36.3 Å². The van der Waals surface area contributed by atoms with Crippen molar-refractivity contribution in [3.63, 3.8) is 0 Å². The Morgan fingerprint density at radius 3 is 2.70 bits per heavy atom. The molecule has 14 heteroatoms. The molecule has 1 aliphatic heterocycles. The third kappa shape index (κ3) is 4.32. The summed E-state index contributed by atoms with van der Waals surface area (Å²) in [5, 5.41) is 30.7. The molecule has 0 spiro atoms. The van der Waals surface area contributed by atoms with Crippen LogP contribution in [-0.2, 0) is 13.8 Å². The van der Waals surface area contributed by atoms with Crippen molar-refractivity contribution in [3.05, 3.63) is 11.5 Å². The van der Waals surface area contributed by atoms with E-state index in [4.69, 9.17) is 26.6 Å². The highest BCUT2D eigenvalue weighted by molar-refractivity contribution is 7.53. The first kappa shape index (κ1) is 23.3. The van der Waals surface area contributed by atoms with Gasteiger partial charge in [0.2, 0.25) is 5.95 Å². The highest BCUT2D eigenvalue weighted by atomic mass is 35.5. The minimum atomic E-state index is -4.31. The van der Waals surface area contributed by atoms with Gasteiger partial charge in [-0.25, -0.2) is 4.98 Å². The van der Waals surface area contributed by atoms with Crippen LogP contribution in [0.2, 0.25) is 5.15 Å². The summed E-state index contributed by atoms with van der Waals surface area (Å²) in [4.78, 5) is 21.9. The number of nitrogens with two attached hydrogens (primary N) is 1. The van der Waals surface area contributed by atoms with Gasteiger partial charge in [0.1, 0.15) is 17.7 Å². The number of nitrogen functional groups attached to an aromatic ring is 1. The van der Waals surface area contributed by atoms with Crippen LogP contribution in [0.4, 0.5) is 5.95 Å². The molecule has 0 saturated carbocycles. The monoisotopic (exact) mass is 465 g/mol. The van der Waals surface area contributed by atoms with Gasteiger partial charge in [-0.05, 0) is 20.3 Å². The van der Waals surface area contributed by atoms with Gasteiger partial charge in [-0.1, -0.05) is 18.5 Å². The normalized spacial score (nSPS) is 29.6. The van der Waals surface area contributed by atoms with Crippen molar-refractivity contribution in [1.82, 2.24) is 19.5 Å². The van der Waals surface area contributed by atoms with Crippen molar-refractivity contribution in [1.29, 1.82) is 0 Å². The molecule has 7 atom stereocenters. The van der Waals surface area contributed by atoms with Gasteiger partial charge in [-0.15, -0.1) is 0 Å². The molecule has 2 unspecified atom stereocenters. The van der Waals surface area contributed by atoms with Crippen LogP contribution < -0.4 is 5.73 Å². The van der Waals surface area contributed by atoms with E-state index in [1.807, 2.05) is 0 Å². The summed E-state index contributed by atoms with van der Waals surface area (Å²) >= 11 is 6.02. The first-order chi connectivity index (χ1) is 13.9. The van der Waals surface area contributed by atoms with Crippen LogP contribution in [0.5, 0.6) is 0 Å². The number of imidazole rings is 1. The molecule has 3 rings (SSSR count). The number of fused-ring (bicyclic) bond motifs is 1. The lowest BCUT2D eigenvalue weighted by Crippen LogP contribution is -2.38. The number of nitrogens with zero attached hydrogens (tertiary/aromatic N) is 4. The molecule has 6 N–H and O–H groups in total. The second kappa shape index (κ2) is 8.29. The Hall–Kier alpha value is -1.37. The maximum Gasteiger partial charge on any atom is 0.356 e. The summed E-state index contributed by atoms with van der Waals surface area (Å²) in [7, 11) is -4.31. The lowest BCUT2D eigenvalue weighted by atomic mass is 9.93. The number of anilines is 1. The molecule has 0 aliphatic carbocycles. The van der Waals surface area contributed by atoms with Gasteiger partial charge < -0.3 is 35.2 Å². The summed E-state index contributed by atoms with van der Waals surface area (Å²) in [6.45, 7) is 4.44. The van der Waals surface area contributed by atoms with E-state index in [-0.39, 0.29) is 35.1 Å². The van der Waals surface area contributed by atoms with Crippen molar-refractivity contribution in [2.24, 2.45) is 0 Å². The largest absolute Gasteiger partial charge is 0.388 e.